The molecule has 0 radical (unpaired) electrons. The fourth-order valence-electron chi connectivity index (χ4n) is 2.85. The minimum atomic E-state index is -0.574. The first-order valence-corrected chi connectivity index (χ1v) is 8.91. The van der Waals surface area contributed by atoms with Gasteiger partial charge >= 0.3 is 0 Å². The second-order valence-corrected chi connectivity index (χ2v) is 7.22. The smallest absolute Gasteiger partial charge is 0.298 e. The van der Waals surface area contributed by atoms with Gasteiger partial charge in [-0.1, -0.05) is 61.8 Å². The zero-order chi connectivity index (χ0) is 20.3. The van der Waals surface area contributed by atoms with Crippen LogP contribution in [-0.2, 0) is 5.41 Å². The normalized spacial score (nSPS) is 11.7. The highest BCUT2D eigenvalue weighted by atomic mass is 35.5. The Morgan fingerprint density at radius 2 is 1.61 bits per heavy atom. The number of phenols is 1. The first kappa shape index (κ1) is 19.5. The number of nitro benzene ring substituents is 1. The van der Waals surface area contributed by atoms with Crippen molar-refractivity contribution in [3.05, 3.63) is 93.0 Å². The molecular weight excluding hydrogens is 378 g/mol. The van der Waals surface area contributed by atoms with Crippen LogP contribution in [0.15, 0.2) is 77.0 Å². The number of benzene rings is 3. The van der Waals surface area contributed by atoms with Crippen molar-refractivity contribution in [1.82, 2.24) is 0 Å². The van der Waals surface area contributed by atoms with Crippen molar-refractivity contribution in [2.75, 3.05) is 0 Å². The van der Waals surface area contributed by atoms with Gasteiger partial charge in [0.1, 0.15) is 11.4 Å². The highest BCUT2D eigenvalue weighted by Crippen LogP contribution is 2.38. The van der Waals surface area contributed by atoms with E-state index in [1.165, 1.54) is 18.2 Å². The van der Waals surface area contributed by atoms with E-state index in [-0.39, 0.29) is 33.2 Å². The average Bonchev–Trinajstić information content (AvgIpc) is 2.68. The van der Waals surface area contributed by atoms with Crippen molar-refractivity contribution >= 4 is 28.7 Å². The average molecular weight is 396 g/mol. The first-order valence-electron chi connectivity index (χ1n) is 8.54. The van der Waals surface area contributed by atoms with Crippen LogP contribution < -0.4 is 0 Å². The van der Waals surface area contributed by atoms with Crippen molar-refractivity contribution in [3.8, 4) is 5.75 Å². The van der Waals surface area contributed by atoms with E-state index in [1.54, 1.807) is 12.1 Å². The third-order valence-corrected chi connectivity index (χ3v) is 4.83. The molecule has 0 saturated carbocycles. The molecule has 3 aromatic carbocycles. The molecule has 1 N–H and O–H groups in total. The Bertz CT molecular complexity index is 1050. The summed E-state index contributed by atoms with van der Waals surface area (Å²) in [5, 5.41) is 29.6. The Morgan fingerprint density at radius 3 is 2.29 bits per heavy atom. The number of hydrogen-bond donors (Lipinski definition) is 1. The molecule has 0 fully saturated rings. The first-order chi connectivity index (χ1) is 13.3. The van der Waals surface area contributed by atoms with Crippen LogP contribution in [0.25, 0.3) is 0 Å². The largest absolute Gasteiger partial charge is 0.506 e. The van der Waals surface area contributed by atoms with Gasteiger partial charge in [0.05, 0.1) is 4.92 Å². The Labute approximate surface area is 167 Å². The van der Waals surface area contributed by atoms with Gasteiger partial charge in [0.25, 0.3) is 5.69 Å². The number of hydrogen-bond acceptors (Lipinski definition) is 5. The quantitative estimate of drug-likeness (QED) is 0.296. The molecule has 3 rings (SSSR count). The highest BCUT2D eigenvalue weighted by molar-refractivity contribution is 6.30. The Kier molecular flexibility index (Phi) is 5.42. The Morgan fingerprint density at radius 1 is 0.929 bits per heavy atom. The molecule has 0 aliphatic heterocycles. The van der Waals surface area contributed by atoms with E-state index in [0.29, 0.717) is 0 Å². The lowest BCUT2D eigenvalue weighted by atomic mass is 9.78. The van der Waals surface area contributed by atoms with E-state index in [2.05, 4.69) is 24.1 Å². The Balaban J connectivity index is 2.00. The van der Waals surface area contributed by atoms with Gasteiger partial charge in [0.15, 0.2) is 5.69 Å². The monoisotopic (exact) mass is 395 g/mol. The van der Waals surface area contributed by atoms with Gasteiger partial charge in [-0.05, 0) is 35.4 Å². The molecule has 3 aromatic rings. The zero-order valence-electron chi connectivity index (χ0n) is 15.3. The van der Waals surface area contributed by atoms with Crippen molar-refractivity contribution in [2.45, 2.75) is 19.3 Å². The van der Waals surface area contributed by atoms with Gasteiger partial charge in [-0.3, -0.25) is 10.1 Å². The molecule has 142 valence electrons. The molecule has 0 saturated heterocycles. The molecule has 6 nitrogen and oxygen atoms in total. The maximum absolute atomic E-state index is 11.2. The summed E-state index contributed by atoms with van der Waals surface area (Å²) >= 11 is 5.82. The maximum Gasteiger partial charge on any atom is 0.298 e. The van der Waals surface area contributed by atoms with Crippen LogP contribution in [-0.4, -0.2) is 10.0 Å². The fraction of sp³-hybridized carbons (Fsp3) is 0.143. The van der Waals surface area contributed by atoms with Crippen molar-refractivity contribution in [3.63, 3.8) is 0 Å². The van der Waals surface area contributed by atoms with E-state index in [1.807, 2.05) is 36.4 Å². The lowest BCUT2D eigenvalue weighted by molar-refractivity contribution is -0.384. The molecule has 0 amide bonds. The minimum absolute atomic E-state index is 0.0570. The molecule has 0 aliphatic rings. The third kappa shape index (κ3) is 4.02. The van der Waals surface area contributed by atoms with Crippen LogP contribution in [0.5, 0.6) is 5.75 Å². The third-order valence-electron chi connectivity index (χ3n) is 4.59. The minimum Gasteiger partial charge on any atom is -0.506 e. The molecule has 0 spiro atoms. The predicted octanol–water partition coefficient (Wildman–Crippen LogP) is 6.70. The molecule has 7 heteroatoms. The van der Waals surface area contributed by atoms with Crippen LogP contribution >= 0.6 is 11.6 Å². The van der Waals surface area contributed by atoms with Gasteiger partial charge in [-0.2, -0.15) is 0 Å². The number of halogens is 1. The summed E-state index contributed by atoms with van der Waals surface area (Å²) in [5.41, 5.74) is 1.74. The Hall–Kier alpha value is -3.25. The molecule has 0 aliphatic carbocycles. The lowest BCUT2D eigenvalue weighted by Gasteiger charge is -2.26. The van der Waals surface area contributed by atoms with E-state index in [0.717, 1.165) is 11.1 Å². The number of aromatic hydroxyl groups is 1. The summed E-state index contributed by atoms with van der Waals surface area (Å²) in [6.45, 7) is 4.14. The standard InChI is InChI=1S/C21H18ClN3O3/c1-21(2,14-6-4-3-5-7-14)15-8-11-20(26)18(12-15)24-23-17-10-9-16(22)13-19(17)25(27)28/h3-13,26H,1-2H3/b24-23+. The van der Waals surface area contributed by atoms with Gasteiger partial charge in [0.2, 0.25) is 0 Å². The van der Waals surface area contributed by atoms with Gasteiger partial charge in [-0.15, -0.1) is 10.2 Å². The molecule has 28 heavy (non-hydrogen) atoms. The molecule has 0 aromatic heterocycles. The van der Waals surface area contributed by atoms with Crippen molar-refractivity contribution < 1.29 is 10.0 Å². The van der Waals surface area contributed by atoms with Crippen molar-refractivity contribution in [2.24, 2.45) is 10.2 Å². The second kappa shape index (κ2) is 7.78. The summed E-state index contributed by atoms with van der Waals surface area (Å²) in [6, 6.07) is 19.2. The SMILES string of the molecule is CC(C)(c1ccccc1)c1ccc(O)c(/N=N/c2ccc(Cl)cc2[N+](=O)[O-])c1. The van der Waals surface area contributed by atoms with Gasteiger partial charge in [-0.25, -0.2) is 0 Å². The summed E-state index contributed by atoms with van der Waals surface area (Å²) < 4.78 is 0. The molecule has 0 unspecified atom stereocenters. The van der Waals surface area contributed by atoms with Gasteiger partial charge < -0.3 is 5.11 Å². The van der Waals surface area contributed by atoms with Crippen LogP contribution in [0.1, 0.15) is 25.0 Å². The van der Waals surface area contributed by atoms with Crippen LogP contribution in [0, 0.1) is 10.1 Å². The number of nitrogens with zero attached hydrogens (tertiary/aromatic N) is 3. The van der Waals surface area contributed by atoms with Crippen molar-refractivity contribution in [1.29, 1.82) is 0 Å². The second-order valence-electron chi connectivity index (χ2n) is 6.78. The molecule has 0 heterocycles. The van der Waals surface area contributed by atoms with E-state index in [9.17, 15) is 15.2 Å². The summed E-state index contributed by atoms with van der Waals surface area (Å²) in [7, 11) is 0. The predicted molar refractivity (Wildman–Crippen MR) is 109 cm³/mol. The molecule has 0 bridgehead atoms. The number of azo groups is 1. The zero-order valence-corrected chi connectivity index (χ0v) is 16.1. The van der Waals surface area contributed by atoms with Crippen LogP contribution in [0.4, 0.5) is 17.1 Å². The van der Waals surface area contributed by atoms with Crippen LogP contribution in [0.3, 0.4) is 0 Å². The summed E-state index contributed by atoms with van der Waals surface area (Å²) in [6.07, 6.45) is 0. The van der Waals surface area contributed by atoms with E-state index >= 15 is 0 Å². The van der Waals surface area contributed by atoms with Crippen LogP contribution in [0.2, 0.25) is 5.02 Å². The molecule has 0 atom stereocenters. The van der Waals surface area contributed by atoms with E-state index < -0.39 is 4.92 Å². The number of nitro groups is 1. The van der Waals surface area contributed by atoms with E-state index in [4.69, 9.17) is 11.6 Å². The summed E-state index contributed by atoms with van der Waals surface area (Å²) in [4.78, 5) is 10.6. The fourth-order valence-corrected chi connectivity index (χ4v) is 3.02. The molecular formula is C21H18ClN3O3. The van der Waals surface area contributed by atoms with Gasteiger partial charge in [0, 0.05) is 16.5 Å². The number of phenolic OH excluding ortho intramolecular Hbond substituents is 1. The lowest BCUT2D eigenvalue weighted by Crippen LogP contribution is -2.18. The maximum atomic E-state index is 11.2. The highest BCUT2D eigenvalue weighted by Gasteiger charge is 2.24. The number of rotatable bonds is 5. The topological polar surface area (TPSA) is 88.1 Å². The summed E-state index contributed by atoms with van der Waals surface area (Å²) in [5.74, 6) is -0.0621.